The highest BCUT2D eigenvalue weighted by Gasteiger charge is 2.18. The van der Waals surface area contributed by atoms with Gasteiger partial charge >= 0.3 is 0 Å². The lowest BCUT2D eigenvalue weighted by molar-refractivity contribution is -0.122. The molecule has 2 aromatic rings. The second-order valence-electron chi connectivity index (χ2n) is 6.19. The van der Waals surface area contributed by atoms with Crippen LogP contribution in [0.1, 0.15) is 38.7 Å². The third-order valence-electron chi connectivity index (χ3n) is 3.88. The van der Waals surface area contributed by atoms with Crippen molar-refractivity contribution in [1.29, 1.82) is 0 Å². The number of amides is 2. The molecule has 5 nitrogen and oxygen atoms in total. The highest BCUT2D eigenvalue weighted by Crippen LogP contribution is 2.17. The molecule has 26 heavy (non-hydrogen) atoms. The normalized spacial score (nSPS) is 11.5. The van der Waals surface area contributed by atoms with Crippen LogP contribution in [0.15, 0.2) is 48.5 Å². The molecule has 2 rings (SSSR count). The van der Waals surface area contributed by atoms with Crippen molar-refractivity contribution in [3.63, 3.8) is 0 Å². The molecule has 5 heteroatoms. The standard InChI is InChI=1S/C21H26N2O3/c1-4-6-20(24)22-16-9-11-17(12-10-16)23-21(25)19(5-2)26-18-13-7-15(3)8-14-18/h7-14,19H,4-6H2,1-3H3,(H,22,24)(H,23,25). The van der Waals surface area contributed by atoms with Gasteiger partial charge in [0.05, 0.1) is 0 Å². The van der Waals surface area contributed by atoms with Gasteiger partial charge in [-0.05, 0) is 56.2 Å². The van der Waals surface area contributed by atoms with Gasteiger partial charge in [0.15, 0.2) is 6.10 Å². The van der Waals surface area contributed by atoms with E-state index in [2.05, 4.69) is 10.6 Å². The fourth-order valence-corrected chi connectivity index (χ4v) is 2.41. The van der Waals surface area contributed by atoms with Gasteiger partial charge in [-0.25, -0.2) is 0 Å². The molecule has 1 unspecified atom stereocenters. The number of anilines is 2. The lowest BCUT2D eigenvalue weighted by atomic mass is 10.2. The summed E-state index contributed by atoms with van der Waals surface area (Å²) in [5.41, 5.74) is 2.51. The molecule has 0 aliphatic rings. The van der Waals surface area contributed by atoms with E-state index in [9.17, 15) is 9.59 Å². The lowest BCUT2D eigenvalue weighted by Gasteiger charge is -2.17. The minimum Gasteiger partial charge on any atom is -0.481 e. The molecular formula is C21H26N2O3. The zero-order valence-corrected chi connectivity index (χ0v) is 15.5. The second-order valence-corrected chi connectivity index (χ2v) is 6.19. The van der Waals surface area contributed by atoms with E-state index < -0.39 is 6.10 Å². The Bertz CT molecular complexity index is 724. The van der Waals surface area contributed by atoms with Crippen molar-refractivity contribution in [3.05, 3.63) is 54.1 Å². The Hall–Kier alpha value is -2.82. The molecule has 0 saturated heterocycles. The highest BCUT2D eigenvalue weighted by molar-refractivity contribution is 5.95. The predicted molar refractivity (Wildman–Crippen MR) is 104 cm³/mol. The molecule has 1 atom stereocenters. The number of ether oxygens (including phenoxy) is 1. The minimum absolute atomic E-state index is 0.0122. The van der Waals surface area contributed by atoms with Crippen LogP contribution >= 0.6 is 0 Å². The quantitative estimate of drug-likeness (QED) is 0.732. The minimum atomic E-state index is -0.568. The smallest absolute Gasteiger partial charge is 0.265 e. The number of hydrogen-bond donors (Lipinski definition) is 2. The average molecular weight is 354 g/mol. The van der Waals surface area contributed by atoms with E-state index in [0.29, 0.717) is 30.0 Å². The predicted octanol–water partition coefficient (Wildman–Crippen LogP) is 4.53. The summed E-state index contributed by atoms with van der Waals surface area (Å²) in [7, 11) is 0. The summed E-state index contributed by atoms with van der Waals surface area (Å²) in [6, 6.07) is 14.7. The van der Waals surface area contributed by atoms with Crippen molar-refractivity contribution in [2.75, 3.05) is 10.6 Å². The van der Waals surface area contributed by atoms with Crippen LogP contribution in [0.4, 0.5) is 11.4 Å². The Kier molecular flexibility index (Phi) is 7.21. The van der Waals surface area contributed by atoms with Crippen LogP contribution in [0.5, 0.6) is 5.75 Å². The number of benzene rings is 2. The first-order valence-electron chi connectivity index (χ1n) is 8.96. The third-order valence-corrected chi connectivity index (χ3v) is 3.88. The van der Waals surface area contributed by atoms with Gasteiger partial charge in [0.25, 0.3) is 5.91 Å². The van der Waals surface area contributed by atoms with Gasteiger partial charge in [-0.1, -0.05) is 31.5 Å². The molecule has 0 aliphatic heterocycles. The SMILES string of the molecule is CCCC(=O)Nc1ccc(NC(=O)C(CC)Oc2ccc(C)cc2)cc1. The average Bonchev–Trinajstić information content (AvgIpc) is 2.63. The molecule has 2 N–H and O–H groups in total. The molecular weight excluding hydrogens is 328 g/mol. The van der Waals surface area contributed by atoms with Crippen molar-refractivity contribution in [1.82, 2.24) is 0 Å². The Morgan fingerprint density at radius 1 is 0.923 bits per heavy atom. The van der Waals surface area contributed by atoms with Crippen molar-refractivity contribution >= 4 is 23.2 Å². The Balaban J connectivity index is 1.94. The summed E-state index contributed by atoms with van der Waals surface area (Å²) in [6.07, 6.45) is 1.29. The maximum absolute atomic E-state index is 12.5. The molecule has 0 aromatic heterocycles. The first-order chi connectivity index (χ1) is 12.5. The molecule has 0 spiro atoms. The fraction of sp³-hybridized carbons (Fsp3) is 0.333. The summed E-state index contributed by atoms with van der Waals surface area (Å²) in [4.78, 5) is 24.1. The zero-order valence-electron chi connectivity index (χ0n) is 15.5. The Labute approximate surface area is 154 Å². The van der Waals surface area contributed by atoms with E-state index in [-0.39, 0.29) is 11.8 Å². The van der Waals surface area contributed by atoms with Gasteiger partial charge < -0.3 is 15.4 Å². The van der Waals surface area contributed by atoms with Crippen molar-refractivity contribution < 1.29 is 14.3 Å². The summed E-state index contributed by atoms with van der Waals surface area (Å²) in [5.74, 6) is 0.462. The summed E-state index contributed by atoms with van der Waals surface area (Å²) >= 11 is 0. The van der Waals surface area contributed by atoms with E-state index in [4.69, 9.17) is 4.74 Å². The van der Waals surface area contributed by atoms with Gasteiger partial charge in [-0.2, -0.15) is 0 Å². The molecule has 2 amide bonds. The van der Waals surface area contributed by atoms with Crippen molar-refractivity contribution in [2.45, 2.75) is 46.1 Å². The molecule has 138 valence electrons. The number of nitrogens with one attached hydrogen (secondary N) is 2. The number of aryl methyl sites for hydroxylation is 1. The molecule has 2 aromatic carbocycles. The van der Waals surface area contributed by atoms with Gasteiger partial charge in [0.2, 0.25) is 5.91 Å². The van der Waals surface area contributed by atoms with Gasteiger partial charge in [-0.3, -0.25) is 9.59 Å². The molecule has 0 bridgehead atoms. The number of hydrogen-bond acceptors (Lipinski definition) is 3. The summed E-state index contributed by atoms with van der Waals surface area (Å²) < 4.78 is 5.79. The van der Waals surface area contributed by atoms with Gasteiger partial charge in [0, 0.05) is 17.8 Å². The molecule has 0 fully saturated rings. The van der Waals surface area contributed by atoms with Gasteiger partial charge in [-0.15, -0.1) is 0 Å². The van der Waals surface area contributed by atoms with E-state index >= 15 is 0 Å². The first kappa shape index (κ1) is 19.5. The van der Waals surface area contributed by atoms with Crippen LogP contribution in [-0.4, -0.2) is 17.9 Å². The first-order valence-corrected chi connectivity index (χ1v) is 8.96. The molecule has 0 radical (unpaired) electrons. The summed E-state index contributed by atoms with van der Waals surface area (Å²) in [6.45, 7) is 5.87. The van der Waals surface area contributed by atoms with Crippen LogP contribution in [0.2, 0.25) is 0 Å². The Morgan fingerprint density at radius 3 is 2.04 bits per heavy atom. The fourth-order valence-electron chi connectivity index (χ4n) is 2.41. The van der Waals surface area contributed by atoms with Crippen LogP contribution in [-0.2, 0) is 9.59 Å². The van der Waals surface area contributed by atoms with E-state index in [1.807, 2.05) is 45.0 Å². The monoisotopic (exact) mass is 354 g/mol. The Morgan fingerprint density at radius 2 is 1.50 bits per heavy atom. The van der Waals surface area contributed by atoms with Crippen LogP contribution in [0.3, 0.4) is 0 Å². The topological polar surface area (TPSA) is 67.4 Å². The van der Waals surface area contributed by atoms with Gasteiger partial charge in [0.1, 0.15) is 5.75 Å². The number of carbonyl (C=O) groups is 2. The summed E-state index contributed by atoms with van der Waals surface area (Å²) in [5, 5.41) is 5.67. The van der Waals surface area contributed by atoms with E-state index in [1.54, 1.807) is 24.3 Å². The van der Waals surface area contributed by atoms with E-state index in [0.717, 1.165) is 12.0 Å². The molecule has 0 saturated carbocycles. The van der Waals surface area contributed by atoms with E-state index in [1.165, 1.54) is 0 Å². The second kappa shape index (κ2) is 9.61. The van der Waals surface area contributed by atoms with Crippen LogP contribution < -0.4 is 15.4 Å². The molecule has 0 aliphatic carbocycles. The van der Waals surface area contributed by atoms with Crippen molar-refractivity contribution in [2.24, 2.45) is 0 Å². The number of carbonyl (C=O) groups excluding carboxylic acids is 2. The largest absolute Gasteiger partial charge is 0.481 e. The third kappa shape index (κ3) is 5.92. The van der Waals surface area contributed by atoms with Crippen molar-refractivity contribution in [3.8, 4) is 5.75 Å². The zero-order chi connectivity index (χ0) is 18.9. The maximum Gasteiger partial charge on any atom is 0.265 e. The lowest BCUT2D eigenvalue weighted by Crippen LogP contribution is -2.32. The van der Waals surface area contributed by atoms with Crippen LogP contribution in [0, 0.1) is 6.92 Å². The maximum atomic E-state index is 12.5. The van der Waals surface area contributed by atoms with Crippen LogP contribution in [0.25, 0.3) is 0 Å². The highest BCUT2D eigenvalue weighted by atomic mass is 16.5. The molecule has 0 heterocycles. The number of rotatable bonds is 8.